The number of nitrogens with two attached hydrogens (primary N) is 2. The van der Waals surface area contributed by atoms with E-state index in [4.69, 9.17) is 21.9 Å². The third-order valence-electron chi connectivity index (χ3n) is 3.65. The van der Waals surface area contributed by atoms with E-state index in [0.29, 0.717) is 17.2 Å². The van der Waals surface area contributed by atoms with Gasteiger partial charge in [-0.2, -0.15) is 0 Å². The fraction of sp³-hybridized carbons (Fsp3) is 0.133. The maximum atomic E-state index is 12.3. The zero-order chi connectivity index (χ0) is 22.7. The number of anilines is 1. The molecule has 0 atom stereocenters. The van der Waals surface area contributed by atoms with E-state index in [2.05, 4.69) is 10.2 Å². The first-order chi connectivity index (χ1) is 13.8. The molecule has 2 aromatic rings. The second-order valence-corrected chi connectivity index (χ2v) is 9.37. The molecule has 0 fully saturated rings. The molecule has 162 valence electrons. The van der Waals surface area contributed by atoms with Crippen LogP contribution in [0.1, 0.15) is 11.1 Å². The van der Waals surface area contributed by atoms with Gasteiger partial charge in [-0.3, -0.25) is 4.79 Å². The van der Waals surface area contributed by atoms with Gasteiger partial charge < -0.3 is 10.2 Å². The molecule has 5 N–H and O–H groups in total. The number of carbonyl (C=O) groups is 1. The Bertz CT molecular complexity index is 1200. The molecule has 0 aromatic heterocycles. The number of hydrogen-bond acceptors (Lipinski definition) is 8. The maximum absolute atomic E-state index is 12.3. The average molecular weight is 479 g/mol. The summed E-state index contributed by atoms with van der Waals surface area (Å²) in [6.45, 7) is -0.258. The highest BCUT2D eigenvalue weighted by Crippen LogP contribution is 2.30. The molecule has 0 bridgehead atoms. The van der Waals surface area contributed by atoms with Crippen molar-refractivity contribution in [2.24, 2.45) is 10.3 Å². The minimum absolute atomic E-state index is 0.199. The first-order valence-electron chi connectivity index (χ1n) is 7.81. The van der Waals surface area contributed by atoms with Gasteiger partial charge in [-0.25, -0.2) is 27.1 Å². The highest BCUT2D eigenvalue weighted by atomic mass is 35.5. The van der Waals surface area contributed by atoms with Crippen LogP contribution in [0.3, 0.4) is 0 Å². The van der Waals surface area contributed by atoms with E-state index in [-0.39, 0.29) is 18.7 Å². The molecule has 15 heteroatoms. The van der Waals surface area contributed by atoms with E-state index in [1.165, 1.54) is 24.3 Å². The smallest absolute Gasteiger partial charge is 0.294 e. The third kappa shape index (κ3) is 6.36. The zero-order valence-corrected chi connectivity index (χ0v) is 17.3. The summed E-state index contributed by atoms with van der Waals surface area (Å²) in [4.78, 5) is 25.4. The summed E-state index contributed by atoms with van der Waals surface area (Å²) in [5.41, 5.74) is 0.676. The lowest BCUT2D eigenvalue weighted by Gasteiger charge is -2.13. The minimum Gasteiger partial charge on any atom is -0.325 e. The molecule has 2 aromatic carbocycles. The number of hydrogen-bond donors (Lipinski definition) is 3. The van der Waals surface area contributed by atoms with Gasteiger partial charge in [-0.1, -0.05) is 35.9 Å². The molecule has 0 spiro atoms. The minimum atomic E-state index is -4.43. The van der Waals surface area contributed by atoms with E-state index >= 15 is 0 Å². The predicted octanol–water partition coefficient (Wildman–Crippen LogP) is 0.524. The van der Waals surface area contributed by atoms with Crippen LogP contribution in [0.5, 0.6) is 0 Å². The quantitative estimate of drug-likeness (QED) is 0.359. The van der Waals surface area contributed by atoms with Crippen LogP contribution in [0.4, 0.5) is 5.69 Å². The van der Waals surface area contributed by atoms with Gasteiger partial charge in [-0.15, -0.1) is 10.1 Å². The van der Waals surface area contributed by atoms with Crippen LogP contribution in [0, 0.1) is 10.1 Å². The standard InChI is InChI=1S/C15H15ClN4O8S2/c16-11-6-12(14(30(18,26)27)7-13(11)29(17,24)25)19-15(21)5-9-1-3-10(4-2-9)8-28-20(22)23/h1-4,6-7H,5,8H2,(H,19,21)(H2,17,24,25)(H2,18,26,27). The number of sulfonamides is 2. The van der Waals surface area contributed by atoms with Crippen molar-refractivity contribution in [1.82, 2.24) is 0 Å². The lowest BCUT2D eigenvalue weighted by atomic mass is 10.1. The first-order valence-corrected chi connectivity index (χ1v) is 11.3. The van der Waals surface area contributed by atoms with Crippen molar-refractivity contribution < 1.29 is 31.6 Å². The molecule has 30 heavy (non-hydrogen) atoms. The molecule has 0 aliphatic rings. The van der Waals surface area contributed by atoms with Crippen LogP contribution >= 0.6 is 11.6 Å². The number of carbonyl (C=O) groups excluding carboxylic acids is 1. The van der Waals surface area contributed by atoms with Gasteiger partial charge in [0.25, 0.3) is 5.09 Å². The molecular weight excluding hydrogens is 464 g/mol. The highest BCUT2D eigenvalue weighted by molar-refractivity contribution is 7.90. The lowest BCUT2D eigenvalue weighted by Crippen LogP contribution is -2.21. The van der Waals surface area contributed by atoms with Crippen LogP contribution in [0.25, 0.3) is 0 Å². The Labute approximate surface area is 176 Å². The highest BCUT2D eigenvalue weighted by Gasteiger charge is 2.23. The van der Waals surface area contributed by atoms with Gasteiger partial charge in [0.1, 0.15) is 16.4 Å². The van der Waals surface area contributed by atoms with Crippen molar-refractivity contribution in [3.63, 3.8) is 0 Å². The summed E-state index contributed by atoms with van der Waals surface area (Å²) >= 11 is 5.84. The molecule has 0 saturated carbocycles. The Morgan fingerprint density at radius 2 is 1.57 bits per heavy atom. The molecule has 2 rings (SSSR count). The SMILES string of the molecule is NS(=O)(=O)c1cc(S(N)(=O)=O)c(NC(=O)Cc2ccc(CO[N+](=O)[O-])cc2)cc1Cl. The van der Waals surface area contributed by atoms with Crippen LogP contribution in [-0.4, -0.2) is 27.8 Å². The molecule has 0 aliphatic heterocycles. The second kappa shape index (κ2) is 8.93. The Kier molecular flexibility index (Phi) is 6.99. The van der Waals surface area contributed by atoms with Gasteiger partial charge >= 0.3 is 0 Å². The molecule has 1 amide bonds. The Morgan fingerprint density at radius 3 is 2.07 bits per heavy atom. The number of benzene rings is 2. The number of amides is 1. The number of primary sulfonamides is 2. The van der Waals surface area contributed by atoms with Gasteiger partial charge in [0, 0.05) is 0 Å². The normalized spacial score (nSPS) is 11.7. The van der Waals surface area contributed by atoms with Crippen LogP contribution < -0.4 is 15.6 Å². The Hall–Kier alpha value is -2.78. The molecule has 0 saturated heterocycles. The van der Waals surface area contributed by atoms with Gasteiger partial charge in [0.05, 0.1) is 17.1 Å². The van der Waals surface area contributed by atoms with E-state index in [1.807, 2.05) is 0 Å². The van der Waals surface area contributed by atoms with Gasteiger partial charge in [-0.05, 0) is 23.3 Å². The second-order valence-electron chi connectivity index (χ2n) is 5.91. The number of halogens is 1. The summed E-state index contributed by atoms with van der Waals surface area (Å²) in [5.74, 6) is -0.659. The number of nitrogens with zero attached hydrogens (tertiary/aromatic N) is 1. The van der Waals surface area contributed by atoms with Crippen LogP contribution in [0.2, 0.25) is 5.02 Å². The van der Waals surface area contributed by atoms with Crippen molar-refractivity contribution in [2.75, 3.05) is 5.32 Å². The van der Waals surface area contributed by atoms with E-state index in [0.717, 1.165) is 6.07 Å². The van der Waals surface area contributed by atoms with Crippen molar-refractivity contribution in [3.8, 4) is 0 Å². The first kappa shape index (κ1) is 23.5. The van der Waals surface area contributed by atoms with E-state index < -0.39 is 45.9 Å². The fourth-order valence-corrected chi connectivity index (χ4v) is 4.22. The summed E-state index contributed by atoms with van der Waals surface area (Å²) in [6.07, 6.45) is -0.199. The van der Waals surface area contributed by atoms with Gasteiger partial charge in [0.15, 0.2) is 0 Å². The largest absolute Gasteiger partial charge is 0.325 e. The Balaban J connectivity index is 2.24. The zero-order valence-electron chi connectivity index (χ0n) is 14.9. The summed E-state index contributed by atoms with van der Waals surface area (Å²) in [6, 6.07) is 7.65. The third-order valence-corrected chi connectivity index (χ3v) is 5.97. The van der Waals surface area contributed by atoms with Crippen molar-refractivity contribution in [2.45, 2.75) is 22.8 Å². The van der Waals surface area contributed by atoms with Crippen molar-refractivity contribution in [1.29, 1.82) is 0 Å². The van der Waals surface area contributed by atoms with Crippen LogP contribution in [0.15, 0.2) is 46.2 Å². The molecule has 0 heterocycles. The van der Waals surface area contributed by atoms with Crippen LogP contribution in [-0.2, 0) is 42.7 Å². The van der Waals surface area contributed by atoms with Gasteiger partial charge in [0.2, 0.25) is 26.0 Å². The summed E-state index contributed by atoms with van der Waals surface area (Å²) < 4.78 is 46.7. The monoisotopic (exact) mass is 478 g/mol. The molecule has 12 nitrogen and oxygen atoms in total. The number of rotatable bonds is 8. The van der Waals surface area contributed by atoms with E-state index in [1.54, 1.807) is 0 Å². The summed E-state index contributed by atoms with van der Waals surface area (Å²) in [5, 5.41) is 21.2. The molecule has 0 aliphatic carbocycles. The van der Waals surface area contributed by atoms with Crippen molar-refractivity contribution in [3.05, 3.63) is 62.7 Å². The maximum Gasteiger partial charge on any atom is 0.294 e. The number of nitrogens with one attached hydrogen (secondary N) is 1. The fourth-order valence-electron chi connectivity index (χ4n) is 2.35. The molecule has 0 radical (unpaired) electrons. The molecule has 0 unspecified atom stereocenters. The average Bonchev–Trinajstić information content (AvgIpc) is 2.58. The Morgan fingerprint density at radius 1 is 1.03 bits per heavy atom. The van der Waals surface area contributed by atoms with E-state index in [9.17, 15) is 31.7 Å². The lowest BCUT2D eigenvalue weighted by molar-refractivity contribution is -0.763. The molecular formula is C15H15ClN4O8S2. The predicted molar refractivity (Wildman–Crippen MR) is 105 cm³/mol. The summed E-state index contributed by atoms with van der Waals surface area (Å²) in [7, 11) is -8.77. The topological polar surface area (TPSA) is 202 Å². The van der Waals surface area contributed by atoms with Crippen molar-refractivity contribution >= 4 is 43.2 Å².